The molecule has 1 rings (SSSR count). The van der Waals surface area contributed by atoms with Crippen LogP contribution in [0.25, 0.3) is 0 Å². The highest BCUT2D eigenvalue weighted by atomic mass is 16.4. The van der Waals surface area contributed by atoms with Crippen molar-refractivity contribution in [1.82, 2.24) is 47.9 Å². The van der Waals surface area contributed by atoms with Gasteiger partial charge in [0.1, 0.15) is 54.4 Å². The minimum atomic E-state index is -1.73. The minimum absolute atomic E-state index is 0.0271. The van der Waals surface area contributed by atoms with Gasteiger partial charge in [-0.1, -0.05) is 36.8 Å². The lowest BCUT2D eigenvalue weighted by Gasteiger charge is -2.27. The molecule has 1 aromatic rings. The maximum absolute atomic E-state index is 14.1. The van der Waals surface area contributed by atoms with Crippen LogP contribution in [0.4, 0.5) is 0 Å². The molecular formula is C50H83N15O16. The van der Waals surface area contributed by atoms with Gasteiger partial charge in [0, 0.05) is 25.8 Å². The second-order valence-electron chi connectivity index (χ2n) is 19.2. The molecule has 0 saturated carbocycles. The summed E-state index contributed by atoms with van der Waals surface area (Å²) < 4.78 is 0. The minimum Gasteiger partial charge on any atom is -0.481 e. The molecule has 0 aromatic heterocycles. The van der Waals surface area contributed by atoms with Gasteiger partial charge in [0.05, 0.1) is 12.1 Å². The Morgan fingerprint density at radius 3 is 1.33 bits per heavy atom. The van der Waals surface area contributed by atoms with Gasteiger partial charge in [-0.15, -0.1) is 0 Å². The highest BCUT2D eigenvalue weighted by Crippen LogP contribution is 2.11. The lowest BCUT2D eigenvalue weighted by molar-refractivity contribution is -0.143. The van der Waals surface area contributed by atoms with E-state index in [2.05, 4.69) is 52.8 Å². The number of nitrogens with one attached hydrogen (secondary N) is 9. The van der Waals surface area contributed by atoms with Crippen LogP contribution in [0.3, 0.4) is 0 Å². The Morgan fingerprint density at radius 1 is 0.469 bits per heavy atom. The van der Waals surface area contributed by atoms with Crippen molar-refractivity contribution in [3.05, 3.63) is 35.9 Å². The molecule has 0 bridgehead atoms. The summed E-state index contributed by atoms with van der Waals surface area (Å²) in [5, 5.41) is 60.5. The van der Waals surface area contributed by atoms with Crippen molar-refractivity contribution in [2.45, 2.75) is 178 Å². The second kappa shape index (κ2) is 37.8. The number of aliphatic imine (C=N–C) groups is 1. The molecule has 0 heterocycles. The summed E-state index contributed by atoms with van der Waals surface area (Å²) in [5.74, 6) is -12.8. The van der Waals surface area contributed by atoms with Crippen molar-refractivity contribution in [2.75, 3.05) is 19.6 Å². The van der Waals surface area contributed by atoms with Gasteiger partial charge in [-0.3, -0.25) is 57.7 Å². The Kier molecular flexibility index (Phi) is 33.1. The molecule has 23 N–H and O–H groups in total. The molecular weight excluding hydrogens is 1070 g/mol. The number of amides is 9. The number of carbonyl (C=O) groups excluding carboxylic acids is 9. The number of nitrogens with zero attached hydrogens (tertiary/aromatic N) is 1. The van der Waals surface area contributed by atoms with Gasteiger partial charge in [0.15, 0.2) is 5.96 Å². The first-order chi connectivity index (χ1) is 38.1. The number of carboxylic acid groups (broad SMARTS) is 3. The molecule has 1 aromatic carbocycles. The smallest absolute Gasteiger partial charge is 0.326 e. The SMILES string of the molecule is C[C@H](NC(=O)[C@H](C)NC(=O)[C@@H](NC(=O)[C@H](CCC(=O)O)NC(=O)[C@@H](N)CCCCN)[C@@H](C)O)C(=O)N[C@@H](C)C(=O)N[C@@H](CCCCN)C(=O)N[C@@H](Cc1ccccc1)C(=O)N[C@@H](CCC(=O)O)C(=O)N[C@@H](CCCN=C(N)N)C(=O)O. The summed E-state index contributed by atoms with van der Waals surface area (Å²) in [6, 6.07) is -6.09. The summed E-state index contributed by atoms with van der Waals surface area (Å²) in [5.41, 5.74) is 28.3. The number of unbranched alkanes of at least 4 members (excludes halogenated alkanes) is 2. The van der Waals surface area contributed by atoms with Crippen LogP contribution in [0.2, 0.25) is 0 Å². The van der Waals surface area contributed by atoms with Crippen molar-refractivity contribution in [3.8, 4) is 0 Å². The number of carboxylic acids is 3. The zero-order valence-corrected chi connectivity index (χ0v) is 46.1. The predicted octanol–water partition coefficient (Wildman–Crippen LogP) is -5.51. The molecule has 31 nitrogen and oxygen atoms in total. The Bertz CT molecular complexity index is 2310. The molecule has 11 atom stereocenters. The van der Waals surface area contributed by atoms with E-state index in [0.29, 0.717) is 37.8 Å². The van der Waals surface area contributed by atoms with Crippen LogP contribution in [-0.2, 0) is 64.0 Å². The largest absolute Gasteiger partial charge is 0.481 e. The van der Waals surface area contributed by atoms with Crippen LogP contribution in [-0.4, -0.2) is 184 Å². The zero-order valence-electron chi connectivity index (χ0n) is 46.1. The number of aliphatic carboxylic acids is 3. The third-order valence-electron chi connectivity index (χ3n) is 12.2. The van der Waals surface area contributed by atoms with Gasteiger partial charge in [0.2, 0.25) is 53.2 Å². The average molecular weight is 1150 g/mol. The van der Waals surface area contributed by atoms with Gasteiger partial charge in [-0.05, 0) is 104 Å². The third kappa shape index (κ3) is 28.6. The van der Waals surface area contributed by atoms with Crippen molar-refractivity contribution in [1.29, 1.82) is 0 Å². The fourth-order valence-corrected chi connectivity index (χ4v) is 7.52. The molecule has 0 aliphatic heterocycles. The Morgan fingerprint density at radius 2 is 0.864 bits per heavy atom. The average Bonchev–Trinajstić information content (AvgIpc) is 3.39. The number of aliphatic hydroxyl groups excluding tert-OH is 1. The number of nitrogens with two attached hydrogens (primary N) is 5. The van der Waals surface area contributed by atoms with E-state index in [-0.39, 0.29) is 51.2 Å². The van der Waals surface area contributed by atoms with Gasteiger partial charge >= 0.3 is 17.9 Å². The van der Waals surface area contributed by atoms with Crippen LogP contribution >= 0.6 is 0 Å². The number of guanidine groups is 1. The van der Waals surface area contributed by atoms with Crippen molar-refractivity contribution in [3.63, 3.8) is 0 Å². The van der Waals surface area contributed by atoms with E-state index in [9.17, 15) is 78.0 Å². The van der Waals surface area contributed by atoms with Gasteiger partial charge < -0.3 is 96.9 Å². The molecule has 0 spiro atoms. The van der Waals surface area contributed by atoms with E-state index in [1.54, 1.807) is 30.3 Å². The first-order valence-electron chi connectivity index (χ1n) is 26.4. The maximum atomic E-state index is 14.1. The molecule has 454 valence electrons. The standard InChI is InChI=1S/C50H83N15O16/c1-26(57-41(72)27(2)59-48(79)39(29(4)66)65-46(77)34(19-21-38(69)70)61-43(74)31(53)15-8-10-22-51)40(71)58-28(3)42(73)60-32(16-9-11-23-52)44(75)64-36(25-30-13-6-5-7-14-30)47(78)62-33(18-20-37(67)68)45(76)63-35(49(80)81)17-12-24-56-50(54)55/h5-7,13-14,26-29,31-36,39,66H,8-12,15-25,51-53H2,1-4H3,(H,57,72)(H,58,71)(H,59,79)(H,60,73)(H,61,74)(H,62,78)(H,63,76)(H,64,75)(H,65,77)(H,67,68)(H,69,70)(H,80,81)(H4,54,55,56)/t26-,27-,28-,29+,31-,32-,33-,34-,35-,36-,39-/m0/s1. The van der Waals surface area contributed by atoms with Crippen LogP contribution in [0.15, 0.2) is 35.3 Å². The fraction of sp³-hybridized carbons (Fsp3) is 0.620. The summed E-state index contributed by atoms with van der Waals surface area (Å²) >= 11 is 0. The Labute approximate surface area is 468 Å². The van der Waals surface area contributed by atoms with Crippen LogP contribution in [0, 0.1) is 0 Å². The number of hydrogen-bond acceptors (Lipinski definition) is 17. The molecule has 0 aliphatic rings. The molecule has 0 unspecified atom stereocenters. The highest BCUT2D eigenvalue weighted by molar-refractivity contribution is 5.98. The van der Waals surface area contributed by atoms with Gasteiger partial charge in [-0.2, -0.15) is 0 Å². The summed E-state index contributed by atoms with van der Waals surface area (Å²) in [7, 11) is 0. The van der Waals surface area contributed by atoms with E-state index >= 15 is 0 Å². The fourth-order valence-electron chi connectivity index (χ4n) is 7.52. The topological polar surface area (TPSA) is 536 Å². The number of rotatable bonds is 40. The molecule has 0 aliphatic carbocycles. The number of carbonyl (C=O) groups is 12. The van der Waals surface area contributed by atoms with Crippen molar-refractivity contribution >= 4 is 77.0 Å². The monoisotopic (exact) mass is 1150 g/mol. The van der Waals surface area contributed by atoms with Crippen LogP contribution in [0.5, 0.6) is 0 Å². The first-order valence-corrected chi connectivity index (χ1v) is 26.4. The number of hydrogen-bond donors (Lipinski definition) is 18. The zero-order chi connectivity index (χ0) is 61.4. The van der Waals surface area contributed by atoms with Crippen LogP contribution < -0.4 is 76.5 Å². The maximum Gasteiger partial charge on any atom is 0.326 e. The predicted molar refractivity (Wildman–Crippen MR) is 291 cm³/mol. The van der Waals surface area contributed by atoms with E-state index in [0.717, 1.165) is 6.92 Å². The highest BCUT2D eigenvalue weighted by Gasteiger charge is 2.35. The molecule has 9 amide bonds. The van der Waals surface area contributed by atoms with E-state index in [1.807, 2.05) is 0 Å². The molecule has 0 radical (unpaired) electrons. The summed E-state index contributed by atoms with van der Waals surface area (Å²) in [6.07, 6.45) is -1.92. The third-order valence-corrected chi connectivity index (χ3v) is 12.2. The van der Waals surface area contributed by atoms with Gasteiger partial charge in [-0.25, -0.2) is 4.79 Å². The van der Waals surface area contributed by atoms with Crippen molar-refractivity contribution < 1.29 is 78.0 Å². The quantitative estimate of drug-likeness (QED) is 0.0166. The number of benzene rings is 1. The van der Waals surface area contributed by atoms with Crippen molar-refractivity contribution in [2.24, 2.45) is 33.7 Å². The van der Waals surface area contributed by atoms with Gasteiger partial charge in [0.25, 0.3) is 0 Å². The second-order valence-corrected chi connectivity index (χ2v) is 19.2. The molecule has 81 heavy (non-hydrogen) atoms. The van der Waals surface area contributed by atoms with E-state index in [4.69, 9.17) is 28.7 Å². The molecule has 0 fully saturated rings. The van der Waals surface area contributed by atoms with Crippen LogP contribution in [0.1, 0.15) is 110 Å². The summed E-state index contributed by atoms with van der Waals surface area (Å²) in [4.78, 5) is 160. The lowest BCUT2D eigenvalue weighted by atomic mass is 10.0. The lowest BCUT2D eigenvalue weighted by Crippen LogP contribution is -2.61. The number of aliphatic hydroxyl groups is 1. The molecule has 0 saturated heterocycles. The first kappa shape index (κ1) is 71.0. The Balaban J connectivity index is 3.21. The van der Waals surface area contributed by atoms with E-state index in [1.165, 1.54) is 20.8 Å². The Hall–Kier alpha value is -8.03. The molecule has 31 heteroatoms. The normalized spacial score (nSPS) is 15.0. The summed E-state index contributed by atoms with van der Waals surface area (Å²) in [6.45, 7) is 5.48. The van der Waals surface area contributed by atoms with E-state index < -0.39 is 163 Å².